The zero-order chi connectivity index (χ0) is 11.5. The van der Waals surface area contributed by atoms with Gasteiger partial charge in [-0.05, 0) is 36.8 Å². The minimum absolute atomic E-state index is 0.201. The monoisotopic (exact) mass is 232 g/mol. The molecule has 0 N–H and O–H groups in total. The molecule has 84 valence electrons. The van der Waals surface area contributed by atoms with E-state index in [1.807, 2.05) is 6.07 Å². The highest BCUT2D eigenvalue weighted by Crippen LogP contribution is 2.32. The number of benzene rings is 1. The van der Waals surface area contributed by atoms with E-state index < -0.39 is 0 Å². The Morgan fingerprint density at radius 3 is 2.75 bits per heavy atom. The quantitative estimate of drug-likeness (QED) is 0.712. The Morgan fingerprint density at radius 1 is 1.31 bits per heavy atom. The van der Waals surface area contributed by atoms with Gasteiger partial charge in [0.1, 0.15) is 0 Å². The van der Waals surface area contributed by atoms with Gasteiger partial charge in [-0.15, -0.1) is 11.3 Å². The van der Waals surface area contributed by atoms with Gasteiger partial charge >= 0.3 is 0 Å². The molecule has 0 spiro atoms. The van der Waals surface area contributed by atoms with Crippen molar-refractivity contribution in [3.63, 3.8) is 0 Å². The smallest absolute Gasteiger partial charge is 0.170 e. The highest BCUT2D eigenvalue weighted by Gasteiger charge is 2.14. The lowest BCUT2D eigenvalue weighted by Crippen LogP contribution is -1.94. The van der Waals surface area contributed by atoms with Crippen molar-refractivity contribution >= 4 is 27.2 Å². The molecule has 1 heterocycles. The molecule has 0 saturated carbocycles. The molecule has 2 rings (SSSR count). The Morgan fingerprint density at radius 2 is 2.06 bits per heavy atom. The van der Waals surface area contributed by atoms with Crippen LogP contribution < -0.4 is 0 Å². The third-order valence-corrected chi connectivity index (χ3v) is 4.11. The van der Waals surface area contributed by atoms with Crippen LogP contribution in [0.5, 0.6) is 0 Å². The normalized spacial score (nSPS) is 10.9. The van der Waals surface area contributed by atoms with Crippen LogP contribution in [0.15, 0.2) is 24.3 Å². The van der Waals surface area contributed by atoms with Gasteiger partial charge in [0.05, 0.1) is 4.88 Å². The van der Waals surface area contributed by atoms with Gasteiger partial charge in [-0.25, -0.2) is 0 Å². The van der Waals surface area contributed by atoms with Gasteiger partial charge in [0.25, 0.3) is 0 Å². The second-order valence-electron chi connectivity index (χ2n) is 4.07. The summed E-state index contributed by atoms with van der Waals surface area (Å²) in [7, 11) is 0. The Balaban J connectivity index is 2.55. The molecular formula is C14H16OS. The van der Waals surface area contributed by atoms with E-state index in [2.05, 4.69) is 25.1 Å². The third kappa shape index (κ3) is 2.03. The minimum atomic E-state index is 0.201. The van der Waals surface area contributed by atoms with Gasteiger partial charge in [0.15, 0.2) is 5.78 Å². The summed E-state index contributed by atoms with van der Waals surface area (Å²) >= 11 is 1.63. The summed E-state index contributed by atoms with van der Waals surface area (Å²) in [6, 6.07) is 8.31. The van der Waals surface area contributed by atoms with Crippen molar-refractivity contribution in [3.8, 4) is 0 Å². The van der Waals surface area contributed by atoms with Crippen LogP contribution in [0.4, 0.5) is 0 Å². The highest BCUT2D eigenvalue weighted by atomic mass is 32.1. The molecule has 0 bridgehead atoms. The van der Waals surface area contributed by atoms with Gasteiger partial charge in [-0.1, -0.05) is 31.5 Å². The first-order valence-electron chi connectivity index (χ1n) is 5.75. The van der Waals surface area contributed by atoms with Crippen molar-refractivity contribution in [2.24, 2.45) is 0 Å². The number of hydrogen-bond donors (Lipinski definition) is 0. The fraction of sp³-hybridized carbons (Fsp3) is 0.357. The second kappa shape index (κ2) is 4.79. The molecule has 2 heteroatoms. The number of rotatable bonds is 4. The zero-order valence-corrected chi connectivity index (χ0v) is 10.6. The third-order valence-electron chi connectivity index (χ3n) is 2.80. The summed E-state index contributed by atoms with van der Waals surface area (Å²) in [5, 5.41) is 1.27. The van der Waals surface area contributed by atoms with Gasteiger partial charge in [0.2, 0.25) is 0 Å². The van der Waals surface area contributed by atoms with Gasteiger partial charge in [0, 0.05) is 4.70 Å². The molecule has 16 heavy (non-hydrogen) atoms. The average Bonchev–Trinajstić information content (AvgIpc) is 2.65. The van der Waals surface area contributed by atoms with Crippen LogP contribution in [-0.4, -0.2) is 5.78 Å². The summed E-state index contributed by atoms with van der Waals surface area (Å²) in [4.78, 5) is 12.6. The number of carbonyl (C=O) groups excluding carboxylic acids is 1. The topological polar surface area (TPSA) is 17.1 Å². The standard InChI is InChI=1S/C14H16OS/c1-3-4-7-12-11-8-5-6-9-13(11)16-14(12)10(2)15/h5-6,8-9H,3-4,7H2,1-2H3. The first-order chi connectivity index (χ1) is 7.74. The zero-order valence-electron chi connectivity index (χ0n) is 9.75. The number of fused-ring (bicyclic) bond motifs is 1. The van der Waals surface area contributed by atoms with Crippen LogP contribution in [0.1, 0.15) is 41.9 Å². The molecule has 0 fully saturated rings. The van der Waals surface area contributed by atoms with E-state index in [0.29, 0.717) is 0 Å². The van der Waals surface area contributed by atoms with Crippen molar-refractivity contribution in [1.82, 2.24) is 0 Å². The van der Waals surface area contributed by atoms with E-state index >= 15 is 0 Å². The number of thiophene rings is 1. The number of ketones is 1. The molecule has 2 aromatic rings. The van der Waals surface area contributed by atoms with Crippen LogP contribution in [-0.2, 0) is 6.42 Å². The van der Waals surface area contributed by atoms with Crippen LogP contribution in [0.2, 0.25) is 0 Å². The maximum absolute atomic E-state index is 11.6. The maximum Gasteiger partial charge on any atom is 0.170 e. The molecule has 0 aliphatic carbocycles. The molecule has 0 saturated heterocycles. The number of carbonyl (C=O) groups is 1. The van der Waals surface area contributed by atoms with Crippen LogP contribution in [0.25, 0.3) is 10.1 Å². The summed E-state index contributed by atoms with van der Waals surface area (Å²) in [6.07, 6.45) is 3.35. The molecule has 1 nitrogen and oxygen atoms in total. The Kier molecular flexibility index (Phi) is 3.39. The van der Waals surface area contributed by atoms with E-state index in [0.717, 1.165) is 17.7 Å². The fourth-order valence-electron chi connectivity index (χ4n) is 1.98. The Hall–Kier alpha value is -1.15. The predicted molar refractivity (Wildman–Crippen MR) is 70.4 cm³/mol. The molecule has 0 unspecified atom stereocenters. The number of unbranched alkanes of at least 4 members (excludes halogenated alkanes) is 1. The van der Waals surface area contributed by atoms with E-state index in [1.54, 1.807) is 18.3 Å². The van der Waals surface area contributed by atoms with Crippen LogP contribution >= 0.6 is 11.3 Å². The molecule has 0 radical (unpaired) electrons. The second-order valence-corrected chi connectivity index (χ2v) is 5.12. The Labute approximate surface area is 100 Å². The summed E-state index contributed by atoms with van der Waals surface area (Å²) < 4.78 is 1.24. The average molecular weight is 232 g/mol. The molecule has 1 aromatic heterocycles. The molecule has 0 atom stereocenters. The summed E-state index contributed by atoms with van der Waals surface area (Å²) in [5.74, 6) is 0.201. The summed E-state index contributed by atoms with van der Waals surface area (Å²) in [5.41, 5.74) is 1.26. The lowest BCUT2D eigenvalue weighted by Gasteiger charge is -2.00. The van der Waals surface area contributed by atoms with Crippen molar-refractivity contribution < 1.29 is 4.79 Å². The lowest BCUT2D eigenvalue weighted by molar-refractivity contribution is 0.102. The van der Waals surface area contributed by atoms with E-state index in [4.69, 9.17) is 0 Å². The van der Waals surface area contributed by atoms with Crippen molar-refractivity contribution in [1.29, 1.82) is 0 Å². The van der Waals surface area contributed by atoms with Crippen LogP contribution in [0.3, 0.4) is 0 Å². The molecule has 0 amide bonds. The van der Waals surface area contributed by atoms with E-state index in [-0.39, 0.29) is 5.78 Å². The largest absolute Gasteiger partial charge is 0.294 e. The SMILES string of the molecule is CCCCc1c(C(C)=O)sc2ccccc12. The lowest BCUT2D eigenvalue weighted by atomic mass is 10.0. The van der Waals surface area contributed by atoms with Gasteiger partial charge in [-0.3, -0.25) is 4.79 Å². The van der Waals surface area contributed by atoms with Crippen LogP contribution in [0, 0.1) is 0 Å². The summed E-state index contributed by atoms with van der Waals surface area (Å²) in [6.45, 7) is 3.85. The van der Waals surface area contributed by atoms with Gasteiger partial charge in [-0.2, -0.15) is 0 Å². The number of aryl methyl sites for hydroxylation is 1. The fourth-order valence-corrected chi connectivity index (χ4v) is 3.13. The number of hydrogen-bond acceptors (Lipinski definition) is 2. The molecule has 0 aliphatic heterocycles. The Bertz CT molecular complexity index is 510. The predicted octanol–water partition coefficient (Wildman–Crippen LogP) is 4.45. The highest BCUT2D eigenvalue weighted by molar-refractivity contribution is 7.21. The van der Waals surface area contributed by atoms with Gasteiger partial charge < -0.3 is 0 Å². The molecule has 0 aliphatic rings. The molecular weight excluding hydrogens is 216 g/mol. The van der Waals surface area contributed by atoms with Crippen molar-refractivity contribution in [2.75, 3.05) is 0 Å². The van der Waals surface area contributed by atoms with E-state index in [9.17, 15) is 4.79 Å². The van der Waals surface area contributed by atoms with Crippen molar-refractivity contribution in [2.45, 2.75) is 33.1 Å². The molecule has 1 aromatic carbocycles. The minimum Gasteiger partial charge on any atom is -0.294 e. The maximum atomic E-state index is 11.6. The first kappa shape index (κ1) is 11.3. The van der Waals surface area contributed by atoms with Crippen molar-refractivity contribution in [3.05, 3.63) is 34.7 Å². The number of Topliss-reactive ketones (excluding diaryl/α,β-unsaturated/α-hetero) is 1. The first-order valence-corrected chi connectivity index (χ1v) is 6.57. The van der Waals surface area contributed by atoms with E-state index in [1.165, 1.54) is 22.1 Å².